The molecular weight excluding hydrogens is 472 g/mol. The maximum Gasteiger partial charge on any atom is 0.344 e. The fraction of sp³-hybridized carbons (Fsp3) is 0.0800. The van der Waals surface area contributed by atoms with Crippen LogP contribution in [0.4, 0.5) is 5.69 Å². The summed E-state index contributed by atoms with van der Waals surface area (Å²) >= 11 is 0.940. The number of carbonyl (C=O) groups excluding carboxylic acids is 2. The van der Waals surface area contributed by atoms with Gasteiger partial charge in [0.2, 0.25) is 0 Å². The lowest BCUT2D eigenvalue weighted by atomic mass is 10.1. The van der Waals surface area contributed by atoms with Crippen LogP contribution >= 0.6 is 11.8 Å². The molecule has 1 amide bonds. The smallest absolute Gasteiger partial charge is 0.344 e. The van der Waals surface area contributed by atoms with Crippen molar-refractivity contribution in [1.82, 2.24) is 0 Å². The van der Waals surface area contributed by atoms with E-state index >= 15 is 0 Å². The molecule has 0 spiro atoms. The number of nitrogens with zero attached hydrogens (tertiary/aromatic N) is 2. The highest BCUT2D eigenvalue weighted by Crippen LogP contribution is 2.40. The van der Waals surface area contributed by atoms with Crippen LogP contribution in [0.3, 0.4) is 0 Å². The lowest BCUT2D eigenvalue weighted by Crippen LogP contribution is -2.14. The van der Waals surface area contributed by atoms with E-state index in [4.69, 9.17) is 9.15 Å². The number of rotatable bonds is 6. The van der Waals surface area contributed by atoms with Gasteiger partial charge in [-0.3, -0.25) is 14.9 Å². The van der Waals surface area contributed by atoms with Crippen molar-refractivity contribution in [3.8, 4) is 11.3 Å². The number of aliphatic imine (C=N–C) groups is 1. The number of amides is 1. The van der Waals surface area contributed by atoms with Crippen LogP contribution in [0.1, 0.15) is 23.0 Å². The lowest BCUT2D eigenvalue weighted by Gasteiger charge is -2.03. The maximum atomic E-state index is 12.6. The van der Waals surface area contributed by atoms with Crippen molar-refractivity contribution < 1.29 is 28.8 Å². The van der Waals surface area contributed by atoms with Crippen LogP contribution in [0.2, 0.25) is 0 Å². The zero-order valence-corrected chi connectivity index (χ0v) is 19.2. The summed E-state index contributed by atoms with van der Waals surface area (Å²) in [6.45, 7) is 1.71. The van der Waals surface area contributed by atoms with E-state index in [9.17, 15) is 24.8 Å². The van der Waals surface area contributed by atoms with Crippen LogP contribution in [0.25, 0.3) is 17.4 Å². The summed E-state index contributed by atoms with van der Waals surface area (Å²) in [5, 5.41) is 21.6. The monoisotopic (exact) mass is 490 g/mol. The third-order valence-electron chi connectivity index (χ3n) is 4.86. The lowest BCUT2D eigenvalue weighted by molar-refractivity contribution is -0.384. The summed E-state index contributed by atoms with van der Waals surface area (Å²) in [7, 11) is 0. The molecule has 35 heavy (non-hydrogen) atoms. The summed E-state index contributed by atoms with van der Waals surface area (Å²) in [5.41, 5.74) is 0.722. The van der Waals surface area contributed by atoms with Gasteiger partial charge in [0.25, 0.3) is 11.6 Å². The topological polar surface area (TPSA) is 132 Å². The highest BCUT2D eigenvalue weighted by Gasteiger charge is 2.34. The van der Waals surface area contributed by atoms with Gasteiger partial charge in [-0.05, 0) is 49.4 Å². The van der Waals surface area contributed by atoms with Crippen LogP contribution in [-0.2, 0) is 9.53 Å². The molecule has 0 bridgehead atoms. The van der Waals surface area contributed by atoms with E-state index in [0.717, 1.165) is 11.8 Å². The van der Waals surface area contributed by atoms with Crippen LogP contribution in [0.5, 0.6) is 0 Å². The maximum absolute atomic E-state index is 12.6. The second-order valence-electron chi connectivity index (χ2n) is 7.15. The number of furan rings is 1. The van der Waals surface area contributed by atoms with E-state index < -0.39 is 16.8 Å². The molecule has 0 aliphatic carbocycles. The van der Waals surface area contributed by atoms with E-state index in [1.54, 1.807) is 61.5 Å². The first kappa shape index (κ1) is 23.7. The molecule has 4 rings (SSSR count). The minimum atomic E-state index is -0.800. The molecule has 2 aromatic carbocycles. The van der Waals surface area contributed by atoms with E-state index in [1.165, 1.54) is 18.2 Å². The van der Waals surface area contributed by atoms with Crippen molar-refractivity contribution in [3.05, 3.63) is 104 Å². The Morgan fingerprint density at radius 2 is 1.83 bits per heavy atom. The number of aliphatic hydroxyl groups excluding tert-OH is 1. The number of hydrogen-bond acceptors (Lipinski definition) is 8. The first-order valence-electron chi connectivity index (χ1n) is 10.4. The number of thioether (sulfide) groups is 1. The van der Waals surface area contributed by atoms with Crippen molar-refractivity contribution in [3.63, 3.8) is 0 Å². The van der Waals surface area contributed by atoms with Gasteiger partial charge in [-0.25, -0.2) is 9.79 Å². The molecule has 1 aliphatic rings. The normalized spacial score (nSPS) is 15.6. The summed E-state index contributed by atoms with van der Waals surface area (Å²) < 4.78 is 10.8. The molecule has 0 radical (unpaired) electrons. The Morgan fingerprint density at radius 3 is 2.49 bits per heavy atom. The average Bonchev–Trinajstić information content (AvgIpc) is 3.44. The Hall–Kier alpha value is -4.44. The van der Waals surface area contributed by atoms with E-state index in [2.05, 4.69) is 4.99 Å². The Kier molecular flexibility index (Phi) is 6.93. The highest BCUT2D eigenvalue weighted by atomic mass is 32.2. The molecule has 2 heterocycles. The Morgan fingerprint density at radius 1 is 1.11 bits per heavy atom. The van der Waals surface area contributed by atoms with E-state index in [1.807, 2.05) is 0 Å². The number of hydrogen-bond donors (Lipinski definition) is 1. The molecule has 176 valence electrons. The predicted octanol–water partition coefficient (Wildman–Crippen LogP) is 5.56. The molecule has 0 saturated carbocycles. The molecule has 0 unspecified atom stereocenters. The predicted molar refractivity (Wildman–Crippen MR) is 131 cm³/mol. The van der Waals surface area contributed by atoms with Gasteiger partial charge < -0.3 is 14.3 Å². The molecule has 10 heteroatoms. The third-order valence-corrected chi connectivity index (χ3v) is 5.88. The van der Waals surface area contributed by atoms with Gasteiger partial charge >= 0.3 is 5.97 Å². The largest absolute Gasteiger partial charge is 0.506 e. The quantitative estimate of drug-likeness (QED) is 0.270. The van der Waals surface area contributed by atoms with Gasteiger partial charge in [-0.2, -0.15) is 0 Å². The van der Waals surface area contributed by atoms with Gasteiger partial charge in [0.05, 0.1) is 16.4 Å². The Labute approximate surface area is 203 Å². The second kappa shape index (κ2) is 10.2. The van der Waals surface area contributed by atoms with Crippen LogP contribution in [0.15, 0.2) is 92.4 Å². The average molecular weight is 490 g/mol. The van der Waals surface area contributed by atoms with Gasteiger partial charge in [0, 0.05) is 23.3 Å². The second-order valence-corrected chi connectivity index (χ2v) is 8.18. The first-order chi connectivity index (χ1) is 16.9. The number of non-ortho nitro benzene ring substituents is 1. The van der Waals surface area contributed by atoms with Crippen LogP contribution in [-0.4, -0.2) is 33.6 Å². The zero-order valence-electron chi connectivity index (χ0n) is 18.3. The molecule has 1 N–H and O–H groups in total. The molecule has 1 aliphatic heterocycles. The van der Waals surface area contributed by atoms with Crippen molar-refractivity contribution >= 4 is 40.4 Å². The van der Waals surface area contributed by atoms with Crippen molar-refractivity contribution in [2.45, 2.75) is 6.92 Å². The number of nitro benzene ring substituents is 1. The standard InChI is InChI=1S/C25H18N2O7S/c1-2-33-25(30)21-22(28)20(35-24(21)26-23(29)16-6-4-3-5-7-16)14-18-12-13-19(34-18)15-8-10-17(11-9-15)27(31)32/h3-14,28H,2H2,1H3. The number of nitro groups is 1. The molecular formula is C25H18N2O7S. The molecule has 1 aromatic heterocycles. The molecule has 0 fully saturated rings. The molecule has 9 nitrogen and oxygen atoms in total. The number of aliphatic hydroxyl groups is 1. The summed E-state index contributed by atoms with van der Waals surface area (Å²) in [6, 6.07) is 17.5. The minimum absolute atomic E-state index is 0.0169. The highest BCUT2D eigenvalue weighted by molar-refractivity contribution is 8.18. The van der Waals surface area contributed by atoms with Gasteiger partial charge in [-0.15, -0.1) is 0 Å². The Balaban J connectivity index is 1.65. The van der Waals surface area contributed by atoms with Crippen molar-refractivity contribution in [2.24, 2.45) is 4.99 Å². The first-order valence-corrected chi connectivity index (χ1v) is 11.2. The summed E-state index contributed by atoms with van der Waals surface area (Å²) in [5.74, 6) is -0.932. The molecule has 0 atom stereocenters. The minimum Gasteiger partial charge on any atom is -0.506 e. The zero-order chi connectivity index (χ0) is 24.9. The molecule has 0 saturated heterocycles. The fourth-order valence-electron chi connectivity index (χ4n) is 3.19. The van der Waals surface area contributed by atoms with Gasteiger partial charge in [0.1, 0.15) is 27.9 Å². The number of carbonyl (C=O) groups is 2. The van der Waals surface area contributed by atoms with Crippen LogP contribution < -0.4 is 0 Å². The van der Waals surface area contributed by atoms with Crippen molar-refractivity contribution in [1.29, 1.82) is 0 Å². The van der Waals surface area contributed by atoms with E-state index in [-0.39, 0.29) is 33.6 Å². The number of ether oxygens (including phenoxy) is 1. The number of esters is 1. The number of benzene rings is 2. The third kappa shape index (κ3) is 5.22. The van der Waals surface area contributed by atoms with Crippen molar-refractivity contribution in [2.75, 3.05) is 6.61 Å². The van der Waals surface area contributed by atoms with Gasteiger partial charge in [-0.1, -0.05) is 30.0 Å². The van der Waals surface area contributed by atoms with E-state index in [0.29, 0.717) is 22.6 Å². The summed E-state index contributed by atoms with van der Waals surface area (Å²) in [6.07, 6.45) is 1.50. The SMILES string of the molecule is CCOC(=O)C1=C(O)C(=Cc2ccc(-c3ccc([N+](=O)[O-])cc3)o2)SC1=NC(=O)c1ccccc1. The fourth-order valence-corrected chi connectivity index (χ4v) is 4.18. The van der Waals surface area contributed by atoms with Crippen LogP contribution in [0, 0.1) is 10.1 Å². The summed E-state index contributed by atoms with van der Waals surface area (Å²) in [4.78, 5) is 39.7. The Bertz CT molecular complexity index is 1390. The van der Waals surface area contributed by atoms with Gasteiger partial charge in [0.15, 0.2) is 0 Å². The molecule has 3 aromatic rings.